The predicted molar refractivity (Wildman–Crippen MR) is 116 cm³/mol. The number of carbonyl (C=O) groups excluding carboxylic acids is 3. The van der Waals surface area contributed by atoms with Gasteiger partial charge in [-0.15, -0.1) is 0 Å². The lowest BCUT2D eigenvalue weighted by Crippen LogP contribution is -2.51. The maximum atomic E-state index is 12.9. The number of benzene rings is 2. The molecule has 6 heteroatoms. The molecular formula is C25H27N3O3. The van der Waals surface area contributed by atoms with Gasteiger partial charge < -0.3 is 0 Å². The van der Waals surface area contributed by atoms with Crippen molar-refractivity contribution in [3.8, 4) is 0 Å². The first-order valence-electron chi connectivity index (χ1n) is 11.2. The van der Waals surface area contributed by atoms with Crippen LogP contribution in [0.1, 0.15) is 65.1 Å². The van der Waals surface area contributed by atoms with Crippen LogP contribution in [-0.2, 0) is 22.7 Å². The maximum Gasteiger partial charge on any atom is 0.273 e. The minimum atomic E-state index is -0.275. The van der Waals surface area contributed by atoms with E-state index >= 15 is 0 Å². The molecule has 3 amide bonds. The number of fused-ring (bicyclic) bond motifs is 1. The first kappa shape index (κ1) is 19.9. The van der Waals surface area contributed by atoms with Crippen LogP contribution in [0.3, 0.4) is 0 Å². The summed E-state index contributed by atoms with van der Waals surface area (Å²) in [7, 11) is 0. The summed E-state index contributed by atoms with van der Waals surface area (Å²) in [5, 5.41) is 2.41. The first-order valence-corrected chi connectivity index (χ1v) is 11.2. The normalized spacial score (nSPS) is 20.5. The molecule has 3 heterocycles. The third-order valence-corrected chi connectivity index (χ3v) is 6.72. The van der Waals surface area contributed by atoms with Gasteiger partial charge in [-0.05, 0) is 61.0 Å². The zero-order valence-electron chi connectivity index (χ0n) is 17.6. The number of likely N-dealkylation sites (tertiary alicyclic amines) is 1. The first-order chi connectivity index (χ1) is 15.1. The van der Waals surface area contributed by atoms with Crippen LogP contribution in [0, 0.1) is 0 Å². The van der Waals surface area contributed by atoms with Crippen LogP contribution >= 0.6 is 0 Å². The molecule has 6 nitrogen and oxygen atoms in total. The number of nitrogens with zero attached hydrogens (tertiary/aromatic N) is 3. The smallest absolute Gasteiger partial charge is 0.273 e. The maximum absolute atomic E-state index is 12.9. The fraction of sp³-hybridized carbons (Fsp3) is 0.400. The molecule has 0 unspecified atom stereocenters. The topological polar surface area (TPSA) is 60.9 Å². The van der Waals surface area contributed by atoms with E-state index in [1.165, 1.54) is 16.1 Å². The van der Waals surface area contributed by atoms with Crippen molar-refractivity contribution in [1.29, 1.82) is 0 Å². The summed E-state index contributed by atoms with van der Waals surface area (Å²) in [6.45, 7) is 3.39. The monoisotopic (exact) mass is 417 g/mol. The molecule has 0 aromatic heterocycles. The molecule has 2 saturated heterocycles. The third-order valence-electron chi connectivity index (χ3n) is 6.72. The van der Waals surface area contributed by atoms with E-state index in [0.717, 1.165) is 43.0 Å². The number of piperidine rings is 2. The van der Waals surface area contributed by atoms with Crippen molar-refractivity contribution in [1.82, 2.24) is 14.9 Å². The molecule has 0 spiro atoms. The summed E-state index contributed by atoms with van der Waals surface area (Å²) in [5.41, 5.74) is 4.12. The van der Waals surface area contributed by atoms with E-state index in [4.69, 9.17) is 0 Å². The van der Waals surface area contributed by atoms with E-state index in [1.54, 1.807) is 0 Å². The number of rotatable bonds is 4. The van der Waals surface area contributed by atoms with Crippen molar-refractivity contribution >= 4 is 17.7 Å². The van der Waals surface area contributed by atoms with Crippen molar-refractivity contribution in [3.05, 3.63) is 70.8 Å². The van der Waals surface area contributed by atoms with Gasteiger partial charge in [-0.2, -0.15) is 5.01 Å². The second kappa shape index (κ2) is 8.27. The minimum Gasteiger partial charge on any atom is -0.299 e. The molecule has 31 heavy (non-hydrogen) atoms. The van der Waals surface area contributed by atoms with Crippen molar-refractivity contribution in [3.63, 3.8) is 0 Å². The van der Waals surface area contributed by atoms with Crippen LogP contribution in [0.2, 0.25) is 0 Å². The van der Waals surface area contributed by atoms with Crippen molar-refractivity contribution in [2.45, 2.75) is 51.1 Å². The molecule has 0 radical (unpaired) electrons. The van der Waals surface area contributed by atoms with E-state index in [-0.39, 0.29) is 17.7 Å². The third kappa shape index (κ3) is 3.88. The Morgan fingerprint density at radius 3 is 2.29 bits per heavy atom. The zero-order valence-corrected chi connectivity index (χ0v) is 17.6. The Morgan fingerprint density at radius 2 is 1.58 bits per heavy atom. The fourth-order valence-electron chi connectivity index (χ4n) is 5.02. The molecule has 2 aromatic carbocycles. The van der Waals surface area contributed by atoms with Gasteiger partial charge in [-0.1, -0.05) is 42.5 Å². The van der Waals surface area contributed by atoms with E-state index in [2.05, 4.69) is 41.3 Å². The lowest BCUT2D eigenvalue weighted by Gasteiger charge is -2.32. The van der Waals surface area contributed by atoms with Crippen LogP contribution < -0.4 is 0 Å². The summed E-state index contributed by atoms with van der Waals surface area (Å²) in [5.74, 6) is -0.325. The van der Waals surface area contributed by atoms with Crippen LogP contribution in [0.5, 0.6) is 0 Å². The Morgan fingerprint density at radius 1 is 0.871 bits per heavy atom. The van der Waals surface area contributed by atoms with Gasteiger partial charge in [0.2, 0.25) is 11.8 Å². The van der Waals surface area contributed by atoms with Gasteiger partial charge >= 0.3 is 0 Å². The van der Waals surface area contributed by atoms with Gasteiger partial charge in [0.1, 0.15) is 0 Å². The van der Waals surface area contributed by atoms with Crippen molar-refractivity contribution in [2.75, 3.05) is 13.1 Å². The summed E-state index contributed by atoms with van der Waals surface area (Å²) in [4.78, 5) is 39.9. The van der Waals surface area contributed by atoms with Gasteiger partial charge in [-0.25, -0.2) is 5.01 Å². The molecule has 3 aliphatic rings. The van der Waals surface area contributed by atoms with E-state index in [1.807, 2.05) is 12.1 Å². The number of carbonyl (C=O) groups is 3. The molecule has 0 aliphatic carbocycles. The van der Waals surface area contributed by atoms with Gasteiger partial charge in [0.15, 0.2) is 0 Å². The summed E-state index contributed by atoms with van der Waals surface area (Å²) >= 11 is 0. The van der Waals surface area contributed by atoms with Gasteiger partial charge in [0.05, 0.1) is 6.54 Å². The molecule has 3 aliphatic heterocycles. The second-order valence-corrected chi connectivity index (χ2v) is 8.77. The average molecular weight is 418 g/mol. The van der Waals surface area contributed by atoms with Crippen LogP contribution in [0.25, 0.3) is 0 Å². The van der Waals surface area contributed by atoms with Gasteiger partial charge in [0, 0.05) is 24.9 Å². The number of hydrogen-bond acceptors (Lipinski definition) is 4. The number of hydrogen-bond donors (Lipinski definition) is 0. The largest absolute Gasteiger partial charge is 0.299 e. The minimum absolute atomic E-state index is 0.247. The van der Waals surface area contributed by atoms with Crippen molar-refractivity contribution < 1.29 is 14.4 Å². The highest BCUT2D eigenvalue weighted by Gasteiger charge is 2.39. The fourth-order valence-corrected chi connectivity index (χ4v) is 5.02. The number of imide groups is 1. The molecule has 0 saturated carbocycles. The summed E-state index contributed by atoms with van der Waals surface area (Å²) < 4.78 is 0. The zero-order chi connectivity index (χ0) is 21.4. The van der Waals surface area contributed by atoms with E-state index in [0.29, 0.717) is 37.3 Å². The Hall–Kier alpha value is -2.99. The van der Waals surface area contributed by atoms with E-state index < -0.39 is 0 Å². The SMILES string of the molecule is O=C1c2ccc(C3CCN(Cc4ccccc4)CC3)cc2CN1N1C(=O)CCCC1=O. The average Bonchev–Trinajstić information content (AvgIpc) is 3.10. The Labute approximate surface area is 182 Å². The molecule has 0 bridgehead atoms. The summed E-state index contributed by atoms with van der Waals surface area (Å²) in [6, 6.07) is 16.6. The highest BCUT2D eigenvalue weighted by atomic mass is 16.2. The molecule has 0 N–H and O–H groups in total. The van der Waals surface area contributed by atoms with Crippen molar-refractivity contribution in [2.24, 2.45) is 0 Å². The standard InChI is InChI=1S/C25H27N3O3/c29-23-7-4-8-24(30)28(23)27-17-21-15-20(9-10-22(21)25(27)31)19-11-13-26(14-12-19)16-18-5-2-1-3-6-18/h1-3,5-6,9-10,15,19H,4,7-8,11-14,16-17H2. The molecule has 0 atom stereocenters. The quantitative estimate of drug-likeness (QED) is 0.715. The number of hydrazine groups is 1. The molecule has 5 rings (SSSR count). The second-order valence-electron chi connectivity index (χ2n) is 8.77. The van der Waals surface area contributed by atoms with Crippen LogP contribution in [0.4, 0.5) is 0 Å². The van der Waals surface area contributed by atoms with E-state index in [9.17, 15) is 14.4 Å². The lowest BCUT2D eigenvalue weighted by molar-refractivity contribution is -0.163. The number of amides is 3. The molecular weight excluding hydrogens is 390 g/mol. The highest BCUT2D eigenvalue weighted by Crippen LogP contribution is 2.33. The van der Waals surface area contributed by atoms with Crippen LogP contribution in [0.15, 0.2) is 48.5 Å². The summed E-state index contributed by atoms with van der Waals surface area (Å²) in [6.07, 6.45) is 3.38. The molecule has 2 aromatic rings. The molecule has 160 valence electrons. The Kier molecular flexibility index (Phi) is 5.32. The van der Waals surface area contributed by atoms with Crippen LogP contribution in [-0.4, -0.2) is 45.7 Å². The lowest BCUT2D eigenvalue weighted by atomic mass is 9.88. The Bertz CT molecular complexity index is 996. The molecule has 2 fully saturated rings. The highest BCUT2D eigenvalue weighted by molar-refractivity contribution is 6.04. The van der Waals surface area contributed by atoms with Gasteiger partial charge in [0.25, 0.3) is 5.91 Å². The Balaban J connectivity index is 1.26. The predicted octanol–water partition coefficient (Wildman–Crippen LogP) is 3.48. The van der Waals surface area contributed by atoms with Gasteiger partial charge in [-0.3, -0.25) is 19.3 Å².